The van der Waals surface area contributed by atoms with Crippen molar-refractivity contribution >= 4 is 11.8 Å². The van der Waals surface area contributed by atoms with Gasteiger partial charge in [-0.1, -0.05) is 24.6 Å². The van der Waals surface area contributed by atoms with E-state index < -0.39 is 0 Å². The fourth-order valence-electron chi connectivity index (χ4n) is 0.563. The highest BCUT2D eigenvalue weighted by Gasteiger charge is 1.99. The Kier molecular flexibility index (Phi) is 5.91. The smallest absolute Gasteiger partial charge is 0.0237 e. The van der Waals surface area contributed by atoms with Gasteiger partial charge in [-0.3, -0.25) is 0 Å². The molecule has 1 heteroatoms. The highest BCUT2D eigenvalue weighted by molar-refractivity contribution is 8.02. The number of rotatable bonds is 5. The van der Waals surface area contributed by atoms with Gasteiger partial charge in [0, 0.05) is 5.25 Å². The molecule has 0 spiro atoms. The molecule has 0 fully saturated rings. The summed E-state index contributed by atoms with van der Waals surface area (Å²) in [6.07, 6.45) is 3.91. The lowest BCUT2D eigenvalue weighted by Gasteiger charge is -2.07. The minimum Gasteiger partial charge on any atom is -0.127 e. The number of hydrogen-bond donors (Lipinski definition) is 0. The van der Waals surface area contributed by atoms with E-state index in [2.05, 4.69) is 39.3 Å². The molecule has 68 valence electrons. The van der Waals surface area contributed by atoms with Gasteiger partial charge in [0.2, 0.25) is 0 Å². The zero-order valence-corrected chi connectivity index (χ0v) is 9.03. The molecule has 0 saturated carbocycles. The predicted molar refractivity (Wildman–Crippen MR) is 60.4 cm³/mol. The third-order valence-electron chi connectivity index (χ3n) is 1.87. The van der Waals surface area contributed by atoms with Crippen molar-refractivity contribution in [2.45, 2.75) is 26.0 Å². The zero-order valence-electron chi connectivity index (χ0n) is 8.21. The molecule has 0 aliphatic rings. The van der Waals surface area contributed by atoms with E-state index in [1.165, 1.54) is 5.57 Å². The van der Waals surface area contributed by atoms with Crippen LogP contribution in [0, 0.1) is 5.92 Å². The summed E-state index contributed by atoms with van der Waals surface area (Å²) in [7, 11) is 0. The van der Waals surface area contributed by atoms with Crippen LogP contribution in [0.4, 0.5) is 0 Å². The topological polar surface area (TPSA) is 0 Å². The molecule has 0 radical (unpaired) electrons. The second-order valence-corrected chi connectivity index (χ2v) is 4.21. The van der Waals surface area contributed by atoms with Crippen LogP contribution in [0.1, 0.15) is 20.8 Å². The van der Waals surface area contributed by atoms with Gasteiger partial charge in [-0.25, -0.2) is 0 Å². The first-order valence-corrected chi connectivity index (χ1v) is 5.13. The normalized spacial score (nSPS) is 16.8. The second-order valence-electron chi connectivity index (χ2n) is 2.96. The minimum atomic E-state index is 0.481. The average molecular weight is 182 g/mol. The molecule has 0 nitrogen and oxygen atoms in total. The first kappa shape index (κ1) is 11.6. The monoisotopic (exact) mass is 182 g/mol. The molecule has 0 aromatic heterocycles. The van der Waals surface area contributed by atoms with Crippen molar-refractivity contribution in [3.63, 3.8) is 0 Å². The summed E-state index contributed by atoms with van der Waals surface area (Å²) in [6, 6.07) is 0. The Bertz CT molecular complexity index is 179. The zero-order chi connectivity index (χ0) is 9.56. The molecule has 12 heavy (non-hydrogen) atoms. The van der Waals surface area contributed by atoms with Crippen molar-refractivity contribution in [3.05, 3.63) is 36.3 Å². The highest BCUT2D eigenvalue weighted by Crippen LogP contribution is 2.19. The first-order chi connectivity index (χ1) is 5.61. The average Bonchev–Trinajstić information content (AvgIpc) is 2.11. The van der Waals surface area contributed by atoms with Gasteiger partial charge in [0.1, 0.15) is 0 Å². The summed E-state index contributed by atoms with van der Waals surface area (Å²) < 4.78 is 0. The Morgan fingerprint density at radius 1 is 1.25 bits per heavy atom. The summed E-state index contributed by atoms with van der Waals surface area (Å²) in [4.78, 5) is 0. The van der Waals surface area contributed by atoms with Gasteiger partial charge in [0.15, 0.2) is 0 Å². The maximum absolute atomic E-state index is 3.76. The molecule has 0 aliphatic carbocycles. The summed E-state index contributed by atoms with van der Waals surface area (Å²) in [5.41, 5.74) is 1.36. The second kappa shape index (κ2) is 6.13. The first-order valence-electron chi connectivity index (χ1n) is 4.19. The molecular formula is C11H18S. The van der Waals surface area contributed by atoms with Gasteiger partial charge in [-0.05, 0) is 25.2 Å². The molecule has 0 aromatic carbocycles. The van der Waals surface area contributed by atoms with Crippen LogP contribution in [0.2, 0.25) is 0 Å². The van der Waals surface area contributed by atoms with Gasteiger partial charge < -0.3 is 0 Å². The fourth-order valence-corrected chi connectivity index (χ4v) is 1.32. The highest BCUT2D eigenvalue weighted by atomic mass is 32.2. The largest absolute Gasteiger partial charge is 0.127 e. The van der Waals surface area contributed by atoms with Crippen molar-refractivity contribution in [2.75, 3.05) is 0 Å². The van der Waals surface area contributed by atoms with Crippen LogP contribution >= 0.6 is 11.8 Å². The molecule has 0 bridgehead atoms. The minimum absolute atomic E-state index is 0.481. The molecule has 2 unspecified atom stereocenters. The van der Waals surface area contributed by atoms with Gasteiger partial charge in [-0.2, -0.15) is 0 Å². The maximum atomic E-state index is 3.76. The van der Waals surface area contributed by atoms with Crippen molar-refractivity contribution < 1.29 is 0 Å². The Morgan fingerprint density at radius 3 is 2.25 bits per heavy atom. The summed E-state index contributed by atoms with van der Waals surface area (Å²) in [6.45, 7) is 13.9. The Hall–Kier alpha value is -0.430. The molecular weight excluding hydrogens is 164 g/mol. The van der Waals surface area contributed by atoms with Gasteiger partial charge in [0.25, 0.3) is 0 Å². The molecule has 0 aliphatic heterocycles. The van der Waals surface area contributed by atoms with E-state index in [1.807, 2.05) is 12.2 Å². The summed E-state index contributed by atoms with van der Waals surface area (Å²) in [5, 5.41) is 2.69. The maximum Gasteiger partial charge on any atom is 0.0237 e. The molecule has 0 rings (SSSR count). The lowest BCUT2D eigenvalue weighted by atomic mass is 10.1. The predicted octanol–water partition coefficient (Wildman–Crippen LogP) is 4.02. The molecule has 0 aromatic rings. The summed E-state index contributed by atoms with van der Waals surface area (Å²) >= 11 is 1.80. The van der Waals surface area contributed by atoms with Crippen LogP contribution in [-0.4, -0.2) is 5.25 Å². The number of hydrogen-bond acceptors (Lipinski definition) is 1. The van der Waals surface area contributed by atoms with E-state index in [0.29, 0.717) is 11.2 Å². The van der Waals surface area contributed by atoms with Crippen LogP contribution in [0.15, 0.2) is 36.3 Å². The number of allylic oxidation sites excluding steroid dienone is 2. The van der Waals surface area contributed by atoms with Crippen molar-refractivity contribution in [2.24, 2.45) is 5.92 Å². The third kappa shape index (κ3) is 4.45. The molecule has 0 heterocycles. The Balaban J connectivity index is 3.99. The van der Waals surface area contributed by atoms with E-state index in [-0.39, 0.29) is 0 Å². The van der Waals surface area contributed by atoms with Gasteiger partial charge in [-0.15, -0.1) is 24.9 Å². The number of thioether (sulfide) groups is 1. The Labute approximate surface area is 80.4 Å². The van der Waals surface area contributed by atoms with Gasteiger partial charge in [0.05, 0.1) is 0 Å². The van der Waals surface area contributed by atoms with Crippen molar-refractivity contribution in [1.29, 1.82) is 0 Å². The van der Waals surface area contributed by atoms with Crippen LogP contribution in [0.3, 0.4) is 0 Å². The summed E-state index contributed by atoms with van der Waals surface area (Å²) in [5.74, 6) is 0.481. The van der Waals surface area contributed by atoms with Crippen LogP contribution in [-0.2, 0) is 0 Å². The molecule has 2 atom stereocenters. The molecule has 0 N–H and O–H groups in total. The van der Waals surface area contributed by atoms with Gasteiger partial charge >= 0.3 is 0 Å². The van der Waals surface area contributed by atoms with E-state index in [0.717, 1.165) is 0 Å². The van der Waals surface area contributed by atoms with E-state index in [1.54, 1.807) is 11.8 Å². The lowest BCUT2D eigenvalue weighted by molar-refractivity contribution is 0.869. The van der Waals surface area contributed by atoms with Crippen molar-refractivity contribution in [3.8, 4) is 0 Å². The Morgan fingerprint density at radius 2 is 1.83 bits per heavy atom. The van der Waals surface area contributed by atoms with Crippen LogP contribution in [0.25, 0.3) is 0 Å². The fraction of sp³-hybridized carbons (Fsp3) is 0.455. The van der Waals surface area contributed by atoms with E-state index >= 15 is 0 Å². The lowest BCUT2D eigenvalue weighted by Crippen LogP contribution is -1.91. The standard InChI is InChI=1S/C11H18S/c1-6-9(3)10(4)8-12-11(5)7-2/h6-9,11H,1-2H2,3-5H3/b10-8-. The van der Waals surface area contributed by atoms with E-state index in [9.17, 15) is 0 Å². The molecule has 0 amide bonds. The van der Waals surface area contributed by atoms with E-state index in [4.69, 9.17) is 0 Å². The molecule has 0 saturated heterocycles. The van der Waals surface area contributed by atoms with Crippen LogP contribution < -0.4 is 0 Å². The van der Waals surface area contributed by atoms with Crippen LogP contribution in [0.5, 0.6) is 0 Å². The SMILES string of the molecule is C=CC(C)S/C=C(/C)C(C)C=C. The quantitative estimate of drug-likeness (QED) is 0.579. The third-order valence-corrected chi connectivity index (χ3v) is 3.00. The van der Waals surface area contributed by atoms with Crippen molar-refractivity contribution in [1.82, 2.24) is 0 Å².